The Morgan fingerprint density at radius 3 is 2.91 bits per heavy atom. The van der Waals surface area contributed by atoms with E-state index in [-0.39, 0.29) is 11.6 Å². The number of H-pyrrole nitrogens is 1. The van der Waals surface area contributed by atoms with Gasteiger partial charge in [0.05, 0.1) is 15.8 Å². The van der Waals surface area contributed by atoms with Gasteiger partial charge in [-0.05, 0) is 30.5 Å². The number of anilines is 1. The van der Waals surface area contributed by atoms with Gasteiger partial charge in [-0.1, -0.05) is 30.0 Å². The van der Waals surface area contributed by atoms with Crippen LogP contribution >= 0.6 is 23.1 Å². The van der Waals surface area contributed by atoms with E-state index in [2.05, 4.69) is 20.5 Å². The average molecular weight is 348 g/mol. The van der Waals surface area contributed by atoms with E-state index in [0.29, 0.717) is 11.0 Å². The molecule has 0 saturated heterocycles. The van der Waals surface area contributed by atoms with Crippen LogP contribution in [0.2, 0.25) is 0 Å². The first-order valence-electron chi connectivity index (χ1n) is 6.82. The Kier molecular flexibility index (Phi) is 4.73. The molecule has 0 fully saturated rings. The van der Waals surface area contributed by atoms with Crippen molar-refractivity contribution in [2.24, 2.45) is 0 Å². The normalized spacial score (nSPS) is 12.1. The van der Waals surface area contributed by atoms with Crippen molar-refractivity contribution in [2.75, 3.05) is 5.32 Å². The molecule has 2 aromatic heterocycles. The van der Waals surface area contributed by atoms with E-state index in [1.165, 1.54) is 23.9 Å². The van der Waals surface area contributed by atoms with Gasteiger partial charge >= 0.3 is 0 Å². The van der Waals surface area contributed by atoms with Crippen molar-refractivity contribution < 1.29 is 9.18 Å². The van der Waals surface area contributed by atoms with E-state index < -0.39 is 11.1 Å². The number of nitrogens with zero attached hydrogens (tertiary/aromatic N) is 2. The molecule has 8 heteroatoms. The first-order valence-corrected chi connectivity index (χ1v) is 8.58. The van der Waals surface area contributed by atoms with Crippen molar-refractivity contribution in [3.63, 3.8) is 0 Å². The van der Waals surface area contributed by atoms with Gasteiger partial charge in [0.25, 0.3) is 0 Å². The highest BCUT2D eigenvalue weighted by molar-refractivity contribution is 8.00. The summed E-state index contributed by atoms with van der Waals surface area (Å²) in [5, 5.41) is 11.5. The van der Waals surface area contributed by atoms with Crippen LogP contribution in [0.3, 0.4) is 0 Å². The predicted molar refractivity (Wildman–Crippen MR) is 90.0 cm³/mol. The lowest BCUT2D eigenvalue weighted by Crippen LogP contribution is -2.23. The molecular formula is C15H13FN4OS2. The van der Waals surface area contributed by atoms with Gasteiger partial charge in [-0.2, -0.15) is 0 Å². The first-order chi connectivity index (χ1) is 11.1. The highest BCUT2D eigenvalue weighted by atomic mass is 32.2. The van der Waals surface area contributed by atoms with Crippen molar-refractivity contribution in [1.29, 1.82) is 0 Å². The number of nitrogens with one attached hydrogen (secondary N) is 2. The van der Waals surface area contributed by atoms with Gasteiger partial charge in [0.15, 0.2) is 5.82 Å². The van der Waals surface area contributed by atoms with Crippen LogP contribution in [0.25, 0.3) is 10.7 Å². The molecule has 0 radical (unpaired) electrons. The molecule has 0 aliphatic heterocycles. The summed E-state index contributed by atoms with van der Waals surface area (Å²) in [6.07, 6.45) is 0. The summed E-state index contributed by atoms with van der Waals surface area (Å²) in [7, 11) is 0. The van der Waals surface area contributed by atoms with Gasteiger partial charge in [0.1, 0.15) is 5.82 Å². The number of aromatic amines is 1. The maximum absolute atomic E-state index is 13.6. The third-order valence-electron chi connectivity index (χ3n) is 3.00. The maximum Gasteiger partial charge on any atom is 0.237 e. The fraction of sp³-hybridized carbons (Fsp3) is 0.133. The molecule has 2 heterocycles. The number of para-hydroxylation sites is 1. The zero-order chi connectivity index (χ0) is 16.2. The quantitative estimate of drug-likeness (QED) is 0.688. The van der Waals surface area contributed by atoms with Gasteiger partial charge < -0.3 is 5.32 Å². The molecular weight excluding hydrogens is 335 g/mol. The largest absolute Gasteiger partial charge is 0.323 e. The number of carbonyl (C=O) groups is 1. The standard InChI is InChI=1S/C15H13FN4OS2/c1-9(14(21)17-11-6-3-2-5-10(11)16)23-15-18-13(19-20-15)12-7-4-8-22-12/h2-9H,1H3,(H,17,21)(H,18,19,20)/t9-/m1/s1. The Balaban J connectivity index is 1.64. The SMILES string of the molecule is C[C@@H](Sc1n[nH]c(-c2cccs2)n1)C(=O)Nc1ccccc1F. The number of thiophene rings is 1. The molecule has 3 aromatic rings. The van der Waals surface area contributed by atoms with Crippen molar-refractivity contribution in [3.05, 3.63) is 47.6 Å². The summed E-state index contributed by atoms with van der Waals surface area (Å²) in [6, 6.07) is 9.93. The molecule has 0 saturated carbocycles. The molecule has 0 bridgehead atoms. The van der Waals surface area contributed by atoms with Crippen LogP contribution in [0, 0.1) is 5.82 Å². The Morgan fingerprint density at radius 1 is 1.35 bits per heavy atom. The fourth-order valence-electron chi connectivity index (χ4n) is 1.83. The second-order valence-corrected chi connectivity index (χ2v) is 6.93. The molecule has 118 valence electrons. The first kappa shape index (κ1) is 15.7. The highest BCUT2D eigenvalue weighted by Gasteiger charge is 2.18. The number of hydrogen-bond donors (Lipinski definition) is 2. The topological polar surface area (TPSA) is 70.7 Å². The van der Waals surface area contributed by atoms with Gasteiger partial charge in [-0.25, -0.2) is 9.37 Å². The number of hydrogen-bond acceptors (Lipinski definition) is 5. The van der Waals surface area contributed by atoms with Crippen LogP contribution in [0.1, 0.15) is 6.92 Å². The van der Waals surface area contributed by atoms with Crippen LogP contribution < -0.4 is 5.32 Å². The molecule has 0 unspecified atom stereocenters. The number of rotatable bonds is 5. The molecule has 5 nitrogen and oxygen atoms in total. The Bertz CT molecular complexity index is 803. The van der Waals surface area contributed by atoms with Crippen molar-refractivity contribution in [3.8, 4) is 10.7 Å². The van der Waals surface area contributed by atoms with E-state index in [9.17, 15) is 9.18 Å². The maximum atomic E-state index is 13.6. The zero-order valence-electron chi connectivity index (χ0n) is 12.1. The minimum absolute atomic E-state index is 0.166. The molecule has 2 N–H and O–H groups in total. The van der Waals surface area contributed by atoms with E-state index in [4.69, 9.17) is 0 Å². The molecule has 0 spiro atoms. The lowest BCUT2D eigenvalue weighted by atomic mass is 10.3. The van der Waals surface area contributed by atoms with Gasteiger partial charge in [0, 0.05) is 0 Å². The van der Waals surface area contributed by atoms with Crippen molar-refractivity contribution in [1.82, 2.24) is 15.2 Å². The number of carbonyl (C=O) groups excluding carboxylic acids is 1. The van der Waals surface area contributed by atoms with Crippen LogP contribution in [-0.2, 0) is 4.79 Å². The molecule has 1 amide bonds. The fourth-order valence-corrected chi connectivity index (χ4v) is 3.22. The third-order valence-corrected chi connectivity index (χ3v) is 4.84. The average Bonchev–Trinajstić information content (AvgIpc) is 3.20. The Labute approximate surface area is 140 Å². The van der Waals surface area contributed by atoms with Crippen molar-refractivity contribution in [2.45, 2.75) is 17.3 Å². The smallest absolute Gasteiger partial charge is 0.237 e. The summed E-state index contributed by atoms with van der Waals surface area (Å²) in [4.78, 5) is 17.5. The second kappa shape index (κ2) is 6.93. The van der Waals surface area contributed by atoms with E-state index in [0.717, 1.165) is 4.88 Å². The third kappa shape index (κ3) is 3.77. The van der Waals surface area contributed by atoms with Gasteiger partial charge in [-0.15, -0.1) is 16.4 Å². The van der Waals surface area contributed by atoms with Crippen LogP contribution in [0.5, 0.6) is 0 Å². The number of halogens is 1. The molecule has 23 heavy (non-hydrogen) atoms. The number of thioether (sulfide) groups is 1. The predicted octanol–water partition coefficient (Wildman–Crippen LogP) is 3.79. The highest BCUT2D eigenvalue weighted by Crippen LogP contribution is 2.26. The summed E-state index contributed by atoms with van der Waals surface area (Å²) in [6.45, 7) is 1.72. The summed E-state index contributed by atoms with van der Waals surface area (Å²) in [5.74, 6) is -0.0947. The van der Waals surface area contributed by atoms with E-state index in [1.54, 1.807) is 30.4 Å². The van der Waals surface area contributed by atoms with Crippen LogP contribution in [-0.4, -0.2) is 26.3 Å². The summed E-state index contributed by atoms with van der Waals surface area (Å²) < 4.78 is 13.6. The molecule has 0 aliphatic rings. The van der Waals surface area contributed by atoms with E-state index >= 15 is 0 Å². The molecule has 0 aliphatic carbocycles. The monoisotopic (exact) mass is 348 g/mol. The lowest BCUT2D eigenvalue weighted by molar-refractivity contribution is -0.115. The van der Waals surface area contributed by atoms with Crippen LogP contribution in [0.15, 0.2) is 46.9 Å². The number of aromatic nitrogens is 3. The Hall–Kier alpha value is -2.19. The van der Waals surface area contributed by atoms with E-state index in [1.807, 2.05) is 17.5 Å². The summed E-state index contributed by atoms with van der Waals surface area (Å²) in [5.41, 5.74) is 0.166. The zero-order valence-corrected chi connectivity index (χ0v) is 13.7. The summed E-state index contributed by atoms with van der Waals surface area (Å²) >= 11 is 2.77. The Morgan fingerprint density at radius 2 is 2.17 bits per heavy atom. The molecule has 1 aromatic carbocycles. The molecule has 1 atom stereocenters. The second-order valence-electron chi connectivity index (χ2n) is 4.67. The van der Waals surface area contributed by atoms with Crippen LogP contribution in [0.4, 0.5) is 10.1 Å². The number of amides is 1. The number of benzene rings is 1. The lowest BCUT2D eigenvalue weighted by Gasteiger charge is -2.10. The minimum atomic E-state index is -0.462. The molecule has 3 rings (SSSR count). The van der Waals surface area contributed by atoms with Gasteiger partial charge in [-0.3, -0.25) is 9.89 Å². The van der Waals surface area contributed by atoms with Gasteiger partial charge in [0.2, 0.25) is 11.1 Å². The van der Waals surface area contributed by atoms with Crippen molar-refractivity contribution >= 4 is 34.7 Å². The minimum Gasteiger partial charge on any atom is -0.323 e.